The highest BCUT2D eigenvalue weighted by Crippen LogP contribution is 2.36. The van der Waals surface area contributed by atoms with Gasteiger partial charge in [0.15, 0.2) is 17.2 Å². The van der Waals surface area contributed by atoms with Gasteiger partial charge in [-0.05, 0) is 38.1 Å². The fourth-order valence-corrected chi connectivity index (χ4v) is 3.31. The number of carbonyl (C=O) groups excluding carboxylic acids is 3. The maximum atomic E-state index is 12.8. The van der Waals surface area contributed by atoms with Crippen LogP contribution in [0, 0.1) is 0 Å². The predicted molar refractivity (Wildman–Crippen MR) is 97.5 cm³/mol. The maximum absolute atomic E-state index is 12.8. The van der Waals surface area contributed by atoms with Crippen molar-refractivity contribution in [3.8, 4) is 5.75 Å². The molecule has 4 rings (SSSR count). The minimum absolute atomic E-state index is 0.0457. The summed E-state index contributed by atoms with van der Waals surface area (Å²) < 4.78 is 5.72. The molecule has 138 valence electrons. The standard InChI is InChI=1S/C19H18N4O4/c1-19(2)18(26)22(15-13(27-19)7-8-14(20)21-15)9-10-23-16(24)11-5-3-4-6-12(11)17(23)25/h3-8H,9-10H2,1-2H3,(H2,20,21). The molecule has 0 atom stereocenters. The van der Waals surface area contributed by atoms with Crippen LogP contribution in [0.1, 0.15) is 34.6 Å². The number of benzene rings is 1. The monoisotopic (exact) mass is 366 g/mol. The summed E-state index contributed by atoms with van der Waals surface area (Å²) in [6.45, 7) is 3.46. The fourth-order valence-electron chi connectivity index (χ4n) is 3.31. The summed E-state index contributed by atoms with van der Waals surface area (Å²) in [5.74, 6) is -0.0833. The smallest absolute Gasteiger partial charge is 0.271 e. The number of imide groups is 1. The number of carbonyl (C=O) groups is 3. The van der Waals surface area contributed by atoms with Crippen molar-refractivity contribution < 1.29 is 19.1 Å². The van der Waals surface area contributed by atoms with Gasteiger partial charge in [-0.3, -0.25) is 24.2 Å². The van der Waals surface area contributed by atoms with Gasteiger partial charge < -0.3 is 10.5 Å². The average molecular weight is 366 g/mol. The van der Waals surface area contributed by atoms with Gasteiger partial charge in [-0.15, -0.1) is 0 Å². The van der Waals surface area contributed by atoms with Gasteiger partial charge in [0.2, 0.25) is 0 Å². The van der Waals surface area contributed by atoms with Crippen molar-refractivity contribution in [3.05, 3.63) is 47.5 Å². The van der Waals surface area contributed by atoms with Crippen molar-refractivity contribution in [3.63, 3.8) is 0 Å². The second kappa shape index (κ2) is 5.80. The second-order valence-corrected chi connectivity index (χ2v) is 6.93. The SMILES string of the molecule is CC1(C)Oc2ccc(N)nc2N(CCN2C(=O)c3ccccc3C2=O)C1=O. The molecule has 8 heteroatoms. The number of nitrogen functional groups attached to an aromatic ring is 1. The molecule has 0 bridgehead atoms. The normalized spacial score (nSPS) is 17.6. The van der Waals surface area contributed by atoms with Crippen LogP contribution in [0.25, 0.3) is 0 Å². The van der Waals surface area contributed by atoms with Crippen LogP contribution < -0.4 is 15.4 Å². The number of amides is 3. The zero-order chi connectivity index (χ0) is 19.3. The summed E-state index contributed by atoms with van der Waals surface area (Å²) >= 11 is 0. The van der Waals surface area contributed by atoms with E-state index in [9.17, 15) is 14.4 Å². The first-order valence-corrected chi connectivity index (χ1v) is 8.52. The Labute approximate surface area is 155 Å². The van der Waals surface area contributed by atoms with Crippen LogP contribution in [0.15, 0.2) is 36.4 Å². The highest BCUT2D eigenvalue weighted by Gasteiger charge is 2.43. The highest BCUT2D eigenvalue weighted by molar-refractivity contribution is 6.21. The van der Waals surface area contributed by atoms with Crippen LogP contribution in [-0.2, 0) is 4.79 Å². The highest BCUT2D eigenvalue weighted by atomic mass is 16.5. The summed E-state index contributed by atoms with van der Waals surface area (Å²) in [5.41, 5.74) is 5.41. The molecule has 0 fully saturated rings. The topological polar surface area (TPSA) is 106 Å². The molecule has 0 saturated carbocycles. The molecule has 0 unspecified atom stereocenters. The fraction of sp³-hybridized carbons (Fsp3) is 0.263. The molecule has 0 radical (unpaired) electrons. The first-order valence-electron chi connectivity index (χ1n) is 8.52. The predicted octanol–water partition coefficient (Wildman–Crippen LogP) is 1.46. The van der Waals surface area contributed by atoms with Gasteiger partial charge in [0.25, 0.3) is 17.7 Å². The maximum Gasteiger partial charge on any atom is 0.271 e. The molecule has 0 aliphatic carbocycles. The summed E-state index contributed by atoms with van der Waals surface area (Å²) in [7, 11) is 0. The Kier molecular flexibility index (Phi) is 3.66. The summed E-state index contributed by atoms with van der Waals surface area (Å²) in [6, 6.07) is 9.91. The average Bonchev–Trinajstić information content (AvgIpc) is 2.88. The zero-order valence-corrected chi connectivity index (χ0v) is 14.9. The van der Waals surface area contributed by atoms with E-state index in [2.05, 4.69) is 4.98 Å². The van der Waals surface area contributed by atoms with Gasteiger partial charge in [0.05, 0.1) is 11.1 Å². The molecule has 27 heavy (non-hydrogen) atoms. The van der Waals surface area contributed by atoms with Gasteiger partial charge in [-0.25, -0.2) is 4.98 Å². The number of nitrogens with two attached hydrogens (primary N) is 1. The minimum Gasteiger partial charge on any atom is -0.474 e. The van der Waals surface area contributed by atoms with E-state index in [4.69, 9.17) is 10.5 Å². The molecule has 2 aliphatic rings. The lowest BCUT2D eigenvalue weighted by Gasteiger charge is -2.38. The zero-order valence-electron chi connectivity index (χ0n) is 14.9. The van der Waals surface area contributed by atoms with Crippen LogP contribution in [0.4, 0.5) is 11.6 Å². The van der Waals surface area contributed by atoms with E-state index in [1.165, 1.54) is 4.90 Å². The molecule has 8 nitrogen and oxygen atoms in total. The molecule has 2 N–H and O–H groups in total. The quantitative estimate of drug-likeness (QED) is 0.825. The van der Waals surface area contributed by atoms with E-state index in [0.717, 1.165) is 4.90 Å². The van der Waals surface area contributed by atoms with E-state index in [-0.39, 0.29) is 42.4 Å². The van der Waals surface area contributed by atoms with Gasteiger partial charge >= 0.3 is 0 Å². The molecular weight excluding hydrogens is 348 g/mol. The lowest BCUT2D eigenvalue weighted by Crippen LogP contribution is -2.54. The third-order valence-corrected chi connectivity index (χ3v) is 4.67. The Morgan fingerprint density at radius 2 is 1.56 bits per heavy atom. The Hall–Kier alpha value is -3.42. The van der Waals surface area contributed by atoms with Crippen molar-refractivity contribution in [1.29, 1.82) is 0 Å². The third-order valence-electron chi connectivity index (χ3n) is 4.67. The van der Waals surface area contributed by atoms with Crippen molar-refractivity contribution in [1.82, 2.24) is 9.88 Å². The number of rotatable bonds is 3. The Bertz CT molecular complexity index is 950. The minimum atomic E-state index is -1.09. The van der Waals surface area contributed by atoms with Crippen LogP contribution in [-0.4, -0.2) is 46.3 Å². The lowest BCUT2D eigenvalue weighted by atomic mass is 10.1. The van der Waals surface area contributed by atoms with Crippen LogP contribution in [0.3, 0.4) is 0 Å². The molecule has 1 aromatic heterocycles. The molecule has 2 aliphatic heterocycles. The number of ether oxygens (including phenoxy) is 1. The van der Waals surface area contributed by atoms with E-state index in [1.54, 1.807) is 50.2 Å². The van der Waals surface area contributed by atoms with Crippen LogP contribution >= 0.6 is 0 Å². The number of hydrogen-bond acceptors (Lipinski definition) is 6. The molecular formula is C19H18N4O4. The molecule has 0 spiro atoms. The van der Waals surface area contributed by atoms with Gasteiger partial charge in [0.1, 0.15) is 5.82 Å². The molecule has 0 saturated heterocycles. The second-order valence-electron chi connectivity index (χ2n) is 6.93. The molecule has 2 aromatic rings. The summed E-state index contributed by atoms with van der Waals surface area (Å²) in [6.07, 6.45) is 0. The first kappa shape index (κ1) is 17.0. The van der Waals surface area contributed by atoms with E-state index < -0.39 is 5.60 Å². The Morgan fingerprint density at radius 1 is 0.963 bits per heavy atom. The van der Waals surface area contributed by atoms with Crippen molar-refractivity contribution >= 4 is 29.4 Å². The molecule has 1 aromatic carbocycles. The Balaban J connectivity index is 1.62. The first-order chi connectivity index (χ1) is 12.8. The Morgan fingerprint density at radius 3 is 2.19 bits per heavy atom. The largest absolute Gasteiger partial charge is 0.474 e. The van der Waals surface area contributed by atoms with Gasteiger partial charge in [-0.2, -0.15) is 0 Å². The molecule has 3 heterocycles. The van der Waals surface area contributed by atoms with Gasteiger partial charge in [-0.1, -0.05) is 12.1 Å². The summed E-state index contributed by atoms with van der Waals surface area (Å²) in [5, 5.41) is 0. The number of anilines is 2. The van der Waals surface area contributed by atoms with Gasteiger partial charge in [0, 0.05) is 13.1 Å². The number of fused-ring (bicyclic) bond motifs is 2. The number of hydrogen-bond donors (Lipinski definition) is 1. The van der Waals surface area contributed by atoms with Crippen LogP contribution in [0.2, 0.25) is 0 Å². The van der Waals surface area contributed by atoms with E-state index in [1.807, 2.05) is 0 Å². The number of nitrogens with zero attached hydrogens (tertiary/aromatic N) is 3. The van der Waals surface area contributed by atoms with Crippen LogP contribution in [0.5, 0.6) is 5.75 Å². The lowest BCUT2D eigenvalue weighted by molar-refractivity contribution is -0.132. The van der Waals surface area contributed by atoms with Crippen molar-refractivity contribution in [2.45, 2.75) is 19.4 Å². The van der Waals surface area contributed by atoms with Crippen molar-refractivity contribution in [2.24, 2.45) is 0 Å². The van der Waals surface area contributed by atoms with Crippen molar-refractivity contribution in [2.75, 3.05) is 23.7 Å². The third kappa shape index (κ3) is 2.61. The number of aromatic nitrogens is 1. The van der Waals surface area contributed by atoms with E-state index in [0.29, 0.717) is 16.9 Å². The number of pyridine rings is 1. The molecule has 3 amide bonds. The summed E-state index contributed by atoms with van der Waals surface area (Å²) in [4.78, 5) is 44.7. The van der Waals surface area contributed by atoms with E-state index >= 15 is 0 Å².